The Morgan fingerprint density at radius 2 is 1.95 bits per heavy atom. The Labute approximate surface area is 129 Å². The molecule has 1 spiro atoms. The van der Waals surface area contributed by atoms with Crippen LogP contribution in [0.5, 0.6) is 0 Å². The number of amides is 2. The fourth-order valence-electron chi connectivity index (χ4n) is 3.39. The van der Waals surface area contributed by atoms with Crippen molar-refractivity contribution in [3.8, 4) is 0 Å². The molecular formula is C16H19ClN2O2. The highest BCUT2D eigenvalue weighted by Gasteiger charge is 2.46. The molecule has 1 N–H and O–H groups in total. The van der Waals surface area contributed by atoms with Crippen molar-refractivity contribution in [3.63, 3.8) is 0 Å². The van der Waals surface area contributed by atoms with Crippen LogP contribution in [0.1, 0.15) is 37.7 Å². The van der Waals surface area contributed by atoms with Gasteiger partial charge in [0.25, 0.3) is 0 Å². The molecule has 0 bridgehead atoms. The van der Waals surface area contributed by atoms with Crippen molar-refractivity contribution >= 4 is 23.4 Å². The highest BCUT2D eigenvalue weighted by atomic mass is 35.5. The number of hydrogen-bond acceptors (Lipinski definition) is 2. The smallest absolute Gasteiger partial charge is 0.249 e. The highest BCUT2D eigenvalue weighted by Crippen LogP contribution is 2.32. The largest absolute Gasteiger partial charge is 0.340 e. The second-order valence-corrected chi connectivity index (χ2v) is 6.42. The summed E-state index contributed by atoms with van der Waals surface area (Å²) in [6.45, 7) is 0.571. The predicted molar refractivity (Wildman–Crippen MR) is 80.8 cm³/mol. The molecule has 3 rings (SSSR count). The molecule has 1 aromatic rings. The van der Waals surface area contributed by atoms with Gasteiger partial charge in [-0.15, -0.1) is 0 Å². The summed E-state index contributed by atoms with van der Waals surface area (Å²) < 4.78 is 0. The number of nitrogens with one attached hydrogen (secondary N) is 1. The number of carbonyl (C=O) groups excluding carboxylic acids is 2. The normalized spacial score (nSPS) is 21.5. The van der Waals surface area contributed by atoms with Crippen LogP contribution in [0.2, 0.25) is 5.02 Å². The van der Waals surface area contributed by atoms with Gasteiger partial charge in [-0.1, -0.05) is 43.0 Å². The van der Waals surface area contributed by atoms with E-state index in [1.165, 1.54) is 0 Å². The minimum atomic E-state index is -0.661. The van der Waals surface area contributed by atoms with Crippen molar-refractivity contribution < 1.29 is 9.59 Å². The summed E-state index contributed by atoms with van der Waals surface area (Å²) in [6, 6.07) is 7.44. The Balaban J connectivity index is 1.81. The highest BCUT2D eigenvalue weighted by molar-refractivity contribution is 6.30. The van der Waals surface area contributed by atoms with Crippen molar-refractivity contribution in [2.45, 2.75) is 44.2 Å². The molecular weight excluding hydrogens is 288 g/mol. The maximum absolute atomic E-state index is 12.8. The number of nitrogens with zero attached hydrogens (tertiary/aromatic N) is 1. The molecule has 2 aliphatic rings. The molecule has 0 aromatic heterocycles. The van der Waals surface area contributed by atoms with Crippen LogP contribution in [0.4, 0.5) is 0 Å². The van der Waals surface area contributed by atoms with Crippen LogP contribution in [-0.2, 0) is 16.1 Å². The molecule has 0 atom stereocenters. The van der Waals surface area contributed by atoms with Gasteiger partial charge < -0.3 is 10.2 Å². The second kappa shape index (κ2) is 5.68. The molecule has 2 amide bonds. The summed E-state index contributed by atoms with van der Waals surface area (Å²) in [5, 5.41) is 3.60. The van der Waals surface area contributed by atoms with Gasteiger partial charge in [-0.25, -0.2) is 0 Å². The fraction of sp³-hybridized carbons (Fsp3) is 0.500. The Morgan fingerprint density at radius 1 is 1.19 bits per heavy atom. The molecule has 1 heterocycles. The Bertz CT molecular complexity index is 567. The summed E-state index contributed by atoms with van der Waals surface area (Å²) >= 11 is 5.99. The summed E-state index contributed by atoms with van der Waals surface area (Å²) in [5.74, 6) is 0.000281. The monoisotopic (exact) mass is 306 g/mol. The lowest BCUT2D eigenvalue weighted by Crippen LogP contribution is -2.66. The summed E-state index contributed by atoms with van der Waals surface area (Å²) in [7, 11) is 0. The first-order valence-electron chi connectivity index (χ1n) is 7.44. The van der Waals surface area contributed by atoms with Gasteiger partial charge in [0.15, 0.2) is 0 Å². The van der Waals surface area contributed by atoms with Gasteiger partial charge in [-0.2, -0.15) is 0 Å². The van der Waals surface area contributed by atoms with Crippen molar-refractivity contribution in [2.24, 2.45) is 0 Å². The quantitative estimate of drug-likeness (QED) is 0.912. The van der Waals surface area contributed by atoms with Crippen LogP contribution in [0.25, 0.3) is 0 Å². The third kappa shape index (κ3) is 2.91. The number of rotatable bonds is 2. The third-order valence-corrected chi connectivity index (χ3v) is 4.61. The minimum absolute atomic E-state index is 0.0569. The van der Waals surface area contributed by atoms with E-state index in [1.807, 2.05) is 18.2 Å². The van der Waals surface area contributed by atoms with E-state index in [-0.39, 0.29) is 18.4 Å². The van der Waals surface area contributed by atoms with Crippen LogP contribution >= 0.6 is 11.6 Å². The Kier molecular flexibility index (Phi) is 3.89. The van der Waals surface area contributed by atoms with Crippen molar-refractivity contribution in [1.82, 2.24) is 10.2 Å². The summed E-state index contributed by atoms with van der Waals surface area (Å²) in [6.07, 6.45) is 4.64. The van der Waals surface area contributed by atoms with Crippen LogP contribution in [0.15, 0.2) is 24.3 Å². The van der Waals surface area contributed by atoms with Crippen molar-refractivity contribution in [2.75, 3.05) is 6.54 Å². The SMILES string of the molecule is O=C1CN(Cc2cccc(Cl)c2)C(=O)C2(CCCCC2)N1. The number of hydrogen-bond donors (Lipinski definition) is 1. The van der Waals surface area contributed by atoms with Crippen LogP contribution in [0.3, 0.4) is 0 Å². The average molecular weight is 307 g/mol. The Hall–Kier alpha value is -1.55. The van der Waals surface area contributed by atoms with Crippen molar-refractivity contribution in [3.05, 3.63) is 34.9 Å². The first-order chi connectivity index (χ1) is 10.1. The van der Waals surface area contributed by atoms with Gasteiger partial charge in [-0.05, 0) is 30.5 Å². The van der Waals surface area contributed by atoms with Crippen LogP contribution < -0.4 is 5.32 Å². The zero-order chi connectivity index (χ0) is 14.9. The van der Waals surface area contributed by atoms with Crippen molar-refractivity contribution in [1.29, 1.82) is 0 Å². The fourth-order valence-corrected chi connectivity index (χ4v) is 3.60. The number of carbonyl (C=O) groups is 2. The van der Waals surface area contributed by atoms with Gasteiger partial charge >= 0.3 is 0 Å². The van der Waals surface area contributed by atoms with E-state index in [1.54, 1.807) is 11.0 Å². The first kappa shape index (κ1) is 14.4. The molecule has 1 aromatic carbocycles. The Morgan fingerprint density at radius 3 is 2.67 bits per heavy atom. The topological polar surface area (TPSA) is 49.4 Å². The zero-order valence-electron chi connectivity index (χ0n) is 11.9. The van der Waals surface area contributed by atoms with Gasteiger partial charge in [0.1, 0.15) is 5.54 Å². The average Bonchev–Trinajstić information content (AvgIpc) is 2.45. The lowest BCUT2D eigenvalue weighted by Gasteiger charge is -2.44. The van der Waals surface area contributed by atoms with Gasteiger partial charge in [0, 0.05) is 11.6 Å². The molecule has 1 saturated carbocycles. The predicted octanol–water partition coefficient (Wildman–Crippen LogP) is 2.50. The van der Waals surface area contributed by atoms with Gasteiger partial charge in [0.2, 0.25) is 11.8 Å². The molecule has 112 valence electrons. The molecule has 0 radical (unpaired) electrons. The summed E-state index contributed by atoms with van der Waals surface area (Å²) in [5.41, 5.74) is 0.295. The molecule has 21 heavy (non-hydrogen) atoms. The van der Waals surface area contributed by atoms with E-state index in [0.717, 1.165) is 37.7 Å². The first-order valence-corrected chi connectivity index (χ1v) is 7.82. The van der Waals surface area contributed by atoms with E-state index in [4.69, 9.17) is 11.6 Å². The molecule has 5 heteroatoms. The molecule has 1 aliphatic carbocycles. The zero-order valence-corrected chi connectivity index (χ0v) is 12.7. The van der Waals surface area contributed by atoms with E-state index in [0.29, 0.717) is 11.6 Å². The number of piperazine rings is 1. The molecule has 4 nitrogen and oxygen atoms in total. The molecule has 2 fully saturated rings. The lowest BCUT2D eigenvalue weighted by atomic mass is 9.79. The molecule has 1 aliphatic heterocycles. The van der Waals surface area contributed by atoms with E-state index in [2.05, 4.69) is 5.32 Å². The maximum atomic E-state index is 12.8. The van der Waals surface area contributed by atoms with Crippen LogP contribution in [-0.4, -0.2) is 28.8 Å². The minimum Gasteiger partial charge on any atom is -0.340 e. The van der Waals surface area contributed by atoms with E-state index >= 15 is 0 Å². The second-order valence-electron chi connectivity index (χ2n) is 5.98. The van der Waals surface area contributed by atoms with E-state index < -0.39 is 5.54 Å². The van der Waals surface area contributed by atoms with Gasteiger partial charge in [-0.3, -0.25) is 9.59 Å². The van der Waals surface area contributed by atoms with Crippen LogP contribution in [0, 0.1) is 0 Å². The third-order valence-electron chi connectivity index (χ3n) is 4.38. The van der Waals surface area contributed by atoms with E-state index in [9.17, 15) is 9.59 Å². The number of benzene rings is 1. The molecule has 1 saturated heterocycles. The summed E-state index contributed by atoms with van der Waals surface area (Å²) in [4.78, 5) is 26.5. The standard InChI is InChI=1S/C16H19ClN2O2/c17-13-6-4-5-12(9-13)10-19-11-14(20)18-16(15(19)21)7-2-1-3-8-16/h4-6,9H,1-3,7-8,10-11H2,(H,18,20). The lowest BCUT2D eigenvalue weighted by molar-refractivity contribution is -0.152. The van der Waals surface area contributed by atoms with Gasteiger partial charge in [0.05, 0.1) is 6.54 Å². The molecule has 0 unspecified atom stereocenters. The maximum Gasteiger partial charge on any atom is 0.249 e. The number of halogens is 1.